The third kappa shape index (κ3) is 2.91. The van der Waals surface area contributed by atoms with E-state index >= 15 is 0 Å². The summed E-state index contributed by atoms with van der Waals surface area (Å²) in [6.45, 7) is 1.03. The zero-order valence-corrected chi connectivity index (χ0v) is 16.1. The van der Waals surface area contributed by atoms with Crippen LogP contribution in [0.25, 0.3) is 11.1 Å². The number of benzene rings is 2. The van der Waals surface area contributed by atoms with Crippen LogP contribution in [0.4, 0.5) is 4.79 Å². The maximum Gasteiger partial charge on any atom is 0.410 e. The minimum absolute atomic E-state index is 0.0712. The number of hydrogen-bond donors (Lipinski definition) is 1. The van der Waals surface area contributed by atoms with Gasteiger partial charge in [0.05, 0.1) is 12.1 Å². The molecule has 0 radical (unpaired) electrons. The fourth-order valence-corrected chi connectivity index (χ4v) is 5.58. The zero-order chi connectivity index (χ0) is 19.1. The minimum atomic E-state index is -0.417. The molecule has 4 heteroatoms. The molecule has 0 spiro atoms. The van der Waals surface area contributed by atoms with Gasteiger partial charge in [0, 0.05) is 12.5 Å². The van der Waals surface area contributed by atoms with Crippen molar-refractivity contribution in [3.8, 4) is 11.1 Å². The molecule has 1 N–H and O–H groups in total. The van der Waals surface area contributed by atoms with Crippen molar-refractivity contribution in [2.45, 2.75) is 50.2 Å². The lowest BCUT2D eigenvalue weighted by Crippen LogP contribution is -2.56. The molecule has 1 amide bonds. The summed E-state index contributed by atoms with van der Waals surface area (Å²) in [4.78, 5) is 14.8. The maximum atomic E-state index is 13.0. The largest absolute Gasteiger partial charge is 0.448 e. The summed E-state index contributed by atoms with van der Waals surface area (Å²) in [5.74, 6) is 0.492. The summed E-state index contributed by atoms with van der Waals surface area (Å²) in [6, 6.07) is 16.7. The SMILES string of the molecule is O=C(OCC1c2ccccc2-c2ccccc21)N1CCCC2CCCC(O)C21. The molecule has 2 aromatic rings. The summed E-state index contributed by atoms with van der Waals surface area (Å²) in [6.07, 6.45) is 4.37. The number of hydrogen-bond acceptors (Lipinski definition) is 3. The van der Waals surface area contributed by atoms with Gasteiger partial charge in [-0.3, -0.25) is 0 Å². The van der Waals surface area contributed by atoms with E-state index in [4.69, 9.17) is 4.74 Å². The van der Waals surface area contributed by atoms with Crippen molar-refractivity contribution < 1.29 is 14.6 Å². The van der Waals surface area contributed by atoms with Crippen LogP contribution in [-0.2, 0) is 4.74 Å². The number of fused-ring (bicyclic) bond motifs is 4. The molecule has 146 valence electrons. The molecule has 2 aromatic carbocycles. The Morgan fingerprint density at radius 2 is 1.61 bits per heavy atom. The molecular weight excluding hydrogens is 350 g/mol. The standard InChI is InChI=1S/C24H27NO3/c26-22-13-5-7-16-8-6-14-25(23(16)22)24(27)28-15-21-19-11-3-1-9-17(19)18-10-2-4-12-20(18)21/h1-4,9-12,16,21-23,26H,5-8,13-15H2. The highest BCUT2D eigenvalue weighted by Gasteiger charge is 2.42. The van der Waals surface area contributed by atoms with Crippen LogP contribution in [0.5, 0.6) is 0 Å². The Hall–Kier alpha value is -2.33. The highest BCUT2D eigenvalue weighted by Crippen LogP contribution is 2.44. The van der Waals surface area contributed by atoms with Crippen LogP contribution >= 0.6 is 0 Å². The Balaban J connectivity index is 1.34. The van der Waals surface area contributed by atoms with Gasteiger partial charge in [-0.05, 0) is 53.9 Å². The van der Waals surface area contributed by atoms with Gasteiger partial charge in [-0.15, -0.1) is 0 Å². The van der Waals surface area contributed by atoms with Gasteiger partial charge in [-0.1, -0.05) is 55.0 Å². The first-order valence-corrected chi connectivity index (χ1v) is 10.5. The van der Waals surface area contributed by atoms with E-state index in [9.17, 15) is 9.90 Å². The van der Waals surface area contributed by atoms with Crippen molar-refractivity contribution in [1.29, 1.82) is 0 Å². The Labute approximate surface area is 166 Å². The summed E-state index contributed by atoms with van der Waals surface area (Å²) in [7, 11) is 0. The average molecular weight is 377 g/mol. The molecule has 3 atom stereocenters. The van der Waals surface area contributed by atoms with Gasteiger partial charge >= 0.3 is 6.09 Å². The topological polar surface area (TPSA) is 49.8 Å². The molecule has 0 aromatic heterocycles. The van der Waals surface area contributed by atoms with Crippen molar-refractivity contribution in [3.05, 3.63) is 59.7 Å². The van der Waals surface area contributed by atoms with Crippen molar-refractivity contribution >= 4 is 6.09 Å². The van der Waals surface area contributed by atoms with Crippen LogP contribution in [0.1, 0.15) is 49.1 Å². The summed E-state index contributed by atoms with van der Waals surface area (Å²) < 4.78 is 5.85. The van der Waals surface area contributed by atoms with Gasteiger partial charge in [0.2, 0.25) is 0 Å². The molecule has 1 aliphatic heterocycles. The molecule has 1 heterocycles. The fraction of sp³-hybridized carbons (Fsp3) is 0.458. The lowest BCUT2D eigenvalue weighted by molar-refractivity contribution is -0.0338. The molecule has 1 saturated heterocycles. The highest BCUT2D eigenvalue weighted by atomic mass is 16.6. The van der Waals surface area contributed by atoms with Crippen molar-refractivity contribution in [2.75, 3.05) is 13.2 Å². The Morgan fingerprint density at radius 1 is 0.964 bits per heavy atom. The summed E-state index contributed by atoms with van der Waals surface area (Å²) >= 11 is 0. The Bertz CT molecular complexity index is 832. The maximum absolute atomic E-state index is 13.0. The van der Waals surface area contributed by atoms with E-state index < -0.39 is 6.10 Å². The molecule has 5 rings (SSSR count). The van der Waals surface area contributed by atoms with Crippen LogP contribution in [0.15, 0.2) is 48.5 Å². The monoisotopic (exact) mass is 377 g/mol. The van der Waals surface area contributed by atoms with Gasteiger partial charge in [-0.2, -0.15) is 0 Å². The molecule has 4 nitrogen and oxygen atoms in total. The molecule has 2 fully saturated rings. The second-order valence-corrected chi connectivity index (χ2v) is 8.39. The van der Waals surface area contributed by atoms with Crippen molar-refractivity contribution in [2.24, 2.45) is 5.92 Å². The first kappa shape index (κ1) is 17.7. The number of ether oxygens (including phenoxy) is 1. The normalized spacial score (nSPS) is 26.3. The number of aliphatic hydroxyl groups excluding tert-OH is 1. The van der Waals surface area contributed by atoms with Gasteiger partial charge in [0.15, 0.2) is 0 Å². The number of carbonyl (C=O) groups excluding carboxylic acids is 1. The van der Waals surface area contributed by atoms with E-state index in [0.717, 1.165) is 32.1 Å². The lowest BCUT2D eigenvalue weighted by atomic mass is 9.77. The summed E-state index contributed by atoms with van der Waals surface area (Å²) in [5, 5.41) is 10.5. The number of aliphatic hydroxyl groups is 1. The van der Waals surface area contributed by atoms with E-state index in [1.807, 2.05) is 17.0 Å². The molecule has 0 bridgehead atoms. The van der Waals surface area contributed by atoms with E-state index in [2.05, 4.69) is 36.4 Å². The van der Waals surface area contributed by atoms with Gasteiger partial charge < -0.3 is 14.7 Å². The number of piperidine rings is 1. The number of rotatable bonds is 2. The van der Waals surface area contributed by atoms with Crippen LogP contribution in [0.3, 0.4) is 0 Å². The minimum Gasteiger partial charge on any atom is -0.448 e. The number of likely N-dealkylation sites (tertiary alicyclic amines) is 1. The van der Waals surface area contributed by atoms with Crippen LogP contribution < -0.4 is 0 Å². The smallest absolute Gasteiger partial charge is 0.410 e. The van der Waals surface area contributed by atoms with Crippen molar-refractivity contribution in [3.63, 3.8) is 0 Å². The van der Waals surface area contributed by atoms with E-state index in [1.54, 1.807) is 0 Å². The number of carbonyl (C=O) groups is 1. The third-order valence-corrected chi connectivity index (χ3v) is 6.86. The van der Waals surface area contributed by atoms with Crippen molar-refractivity contribution in [1.82, 2.24) is 4.90 Å². The van der Waals surface area contributed by atoms with E-state index in [0.29, 0.717) is 19.1 Å². The highest BCUT2D eigenvalue weighted by molar-refractivity contribution is 5.79. The second-order valence-electron chi connectivity index (χ2n) is 8.39. The van der Waals surface area contributed by atoms with Crippen LogP contribution in [0.2, 0.25) is 0 Å². The molecule has 2 aliphatic carbocycles. The summed E-state index contributed by atoms with van der Waals surface area (Å²) in [5.41, 5.74) is 4.93. The molecule has 3 aliphatic rings. The van der Waals surface area contributed by atoms with Crippen LogP contribution in [0, 0.1) is 5.92 Å². The van der Waals surface area contributed by atoms with E-state index in [-0.39, 0.29) is 18.1 Å². The van der Waals surface area contributed by atoms with Crippen LogP contribution in [-0.4, -0.2) is 41.4 Å². The van der Waals surface area contributed by atoms with E-state index in [1.165, 1.54) is 22.3 Å². The molecular formula is C24H27NO3. The first-order valence-electron chi connectivity index (χ1n) is 10.5. The molecule has 28 heavy (non-hydrogen) atoms. The average Bonchev–Trinajstić information content (AvgIpc) is 3.06. The third-order valence-electron chi connectivity index (χ3n) is 6.86. The number of nitrogens with zero attached hydrogens (tertiary/aromatic N) is 1. The van der Waals surface area contributed by atoms with Gasteiger partial charge in [0.25, 0.3) is 0 Å². The quantitative estimate of drug-likeness (QED) is 0.835. The fourth-order valence-electron chi connectivity index (χ4n) is 5.58. The Kier molecular flexibility index (Phi) is 4.59. The lowest BCUT2D eigenvalue weighted by Gasteiger charge is -2.45. The van der Waals surface area contributed by atoms with Gasteiger partial charge in [-0.25, -0.2) is 4.79 Å². The first-order chi connectivity index (χ1) is 13.7. The molecule has 3 unspecified atom stereocenters. The van der Waals surface area contributed by atoms with Gasteiger partial charge in [0.1, 0.15) is 6.61 Å². The Morgan fingerprint density at radius 3 is 2.32 bits per heavy atom. The predicted octanol–water partition coefficient (Wildman–Crippen LogP) is 4.56. The number of amides is 1. The predicted molar refractivity (Wildman–Crippen MR) is 108 cm³/mol. The zero-order valence-electron chi connectivity index (χ0n) is 16.1. The molecule has 1 saturated carbocycles. The second kappa shape index (κ2) is 7.25.